The number of hydrogen-bond donors (Lipinski definition) is 3. The third-order valence-corrected chi connectivity index (χ3v) is 1.18. The van der Waals surface area contributed by atoms with Gasteiger partial charge in [-0.15, -0.1) is 0 Å². The SMILES string of the molecule is CC(C)(C)OC(=O)NC[C@@H](N)C(=O)O. The summed E-state index contributed by atoms with van der Waals surface area (Å²) in [5.41, 5.74) is 4.56. The molecule has 4 N–H and O–H groups in total. The van der Waals surface area contributed by atoms with Gasteiger partial charge < -0.3 is 20.9 Å². The lowest BCUT2D eigenvalue weighted by molar-refractivity contribution is -0.138. The van der Waals surface area contributed by atoms with Gasteiger partial charge in [0, 0.05) is 6.54 Å². The Morgan fingerprint density at radius 2 is 2.00 bits per heavy atom. The normalized spacial score (nSPS) is 13.1. The number of rotatable bonds is 3. The molecule has 0 bridgehead atoms. The lowest BCUT2D eigenvalue weighted by Crippen LogP contribution is -2.44. The maximum absolute atomic E-state index is 11.0. The first-order valence-electron chi connectivity index (χ1n) is 4.17. The van der Waals surface area contributed by atoms with Gasteiger partial charge in [0.25, 0.3) is 0 Å². The monoisotopic (exact) mass is 204 g/mol. The van der Waals surface area contributed by atoms with Crippen molar-refractivity contribution in [2.45, 2.75) is 32.4 Å². The van der Waals surface area contributed by atoms with Gasteiger partial charge in [-0.05, 0) is 20.8 Å². The summed E-state index contributed by atoms with van der Waals surface area (Å²) in [6.45, 7) is 4.99. The van der Waals surface area contributed by atoms with Gasteiger partial charge in [0.1, 0.15) is 11.6 Å². The lowest BCUT2D eigenvalue weighted by Gasteiger charge is -2.20. The highest BCUT2D eigenvalue weighted by atomic mass is 16.6. The van der Waals surface area contributed by atoms with E-state index in [1.165, 1.54) is 0 Å². The zero-order valence-electron chi connectivity index (χ0n) is 8.53. The van der Waals surface area contributed by atoms with E-state index in [0.717, 1.165) is 0 Å². The van der Waals surface area contributed by atoms with Crippen LogP contribution in [0.2, 0.25) is 0 Å². The molecule has 14 heavy (non-hydrogen) atoms. The average molecular weight is 204 g/mol. The first kappa shape index (κ1) is 12.7. The van der Waals surface area contributed by atoms with Crippen LogP contribution in [0.1, 0.15) is 20.8 Å². The Bertz CT molecular complexity index is 222. The second kappa shape index (κ2) is 4.80. The van der Waals surface area contributed by atoms with E-state index < -0.39 is 23.7 Å². The number of carbonyl (C=O) groups excluding carboxylic acids is 1. The van der Waals surface area contributed by atoms with Gasteiger partial charge in [-0.2, -0.15) is 0 Å². The Balaban J connectivity index is 3.81. The van der Waals surface area contributed by atoms with E-state index in [-0.39, 0.29) is 6.54 Å². The minimum Gasteiger partial charge on any atom is -0.480 e. The fourth-order valence-corrected chi connectivity index (χ4v) is 0.595. The number of amides is 1. The number of carbonyl (C=O) groups is 2. The second-order valence-corrected chi connectivity index (χ2v) is 3.83. The average Bonchev–Trinajstić information content (AvgIpc) is 1.96. The summed E-state index contributed by atoms with van der Waals surface area (Å²) < 4.78 is 4.87. The van der Waals surface area contributed by atoms with Crippen molar-refractivity contribution in [2.75, 3.05) is 6.54 Å². The zero-order valence-corrected chi connectivity index (χ0v) is 8.53. The largest absolute Gasteiger partial charge is 0.480 e. The third-order valence-electron chi connectivity index (χ3n) is 1.18. The first-order chi connectivity index (χ1) is 6.22. The van der Waals surface area contributed by atoms with E-state index in [4.69, 9.17) is 15.6 Å². The van der Waals surface area contributed by atoms with Crippen LogP contribution in [0, 0.1) is 0 Å². The molecular formula is C8H16N2O4. The Labute approximate surface area is 82.4 Å². The van der Waals surface area contributed by atoms with Gasteiger partial charge in [-0.25, -0.2) is 4.79 Å². The van der Waals surface area contributed by atoms with Crippen molar-refractivity contribution in [1.82, 2.24) is 5.32 Å². The molecule has 0 aliphatic rings. The van der Waals surface area contributed by atoms with E-state index >= 15 is 0 Å². The fraction of sp³-hybridized carbons (Fsp3) is 0.750. The van der Waals surface area contributed by atoms with Crippen LogP contribution in [0.15, 0.2) is 0 Å². The van der Waals surface area contributed by atoms with Crippen LogP contribution >= 0.6 is 0 Å². The number of nitrogens with one attached hydrogen (secondary N) is 1. The standard InChI is InChI=1S/C8H16N2O4/c1-8(2,3)14-7(13)10-4-5(9)6(11)12/h5H,4,9H2,1-3H3,(H,10,13)(H,11,12)/t5-/m1/s1. The summed E-state index contributed by atoms with van der Waals surface area (Å²) in [4.78, 5) is 21.3. The maximum atomic E-state index is 11.0. The molecule has 6 nitrogen and oxygen atoms in total. The van der Waals surface area contributed by atoms with E-state index in [0.29, 0.717) is 0 Å². The lowest BCUT2D eigenvalue weighted by atomic mass is 10.2. The summed E-state index contributed by atoms with van der Waals surface area (Å²) in [6.07, 6.45) is -0.672. The van der Waals surface area contributed by atoms with Crippen LogP contribution in [-0.4, -0.2) is 35.4 Å². The molecule has 0 aromatic carbocycles. The van der Waals surface area contributed by atoms with Crippen LogP contribution < -0.4 is 11.1 Å². The molecule has 1 amide bonds. The van der Waals surface area contributed by atoms with Gasteiger partial charge in [-0.3, -0.25) is 4.79 Å². The van der Waals surface area contributed by atoms with Gasteiger partial charge in [0.2, 0.25) is 0 Å². The Morgan fingerprint density at radius 1 is 1.50 bits per heavy atom. The zero-order chi connectivity index (χ0) is 11.4. The summed E-state index contributed by atoms with van der Waals surface area (Å²) in [5.74, 6) is -1.17. The number of ether oxygens (including phenoxy) is 1. The highest BCUT2D eigenvalue weighted by molar-refractivity contribution is 5.75. The molecule has 0 unspecified atom stereocenters. The van der Waals surface area contributed by atoms with Gasteiger partial charge >= 0.3 is 12.1 Å². The van der Waals surface area contributed by atoms with Crippen molar-refractivity contribution < 1.29 is 19.4 Å². The topological polar surface area (TPSA) is 102 Å². The van der Waals surface area contributed by atoms with Gasteiger partial charge in [0.15, 0.2) is 0 Å². The Hall–Kier alpha value is -1.30. The van der Waals surface area contributed by atoms with E-state index in [1.54, 1.807) is 20.8 Å². The summed E-state index contributed by atoms with van der Waals surface area (Å²) in [5, 5.41) is 10.7. The predicted molar refractivity (Wildman–Crippen MR) is 49.8 cm³/mol. The molecule has 0 spiro atoms. The van der Waals surface area contributed by atoms with Crippen molar-refractivity contribution in [3.05, 3.63) is 0 Å². The molecule has 0 saturated heterocycles. The molecule has 0 aromatic heterocycles. The first-order valence-corrected chi connectivity index (χ1v) is 4.17. The summed E-state index contributed by atoms with van der Waals surface area (Å²) in [6, 6.07) is -1.11. The van der Waals surface area contributed by atoms with E-state index in [1.807, 2.05) is 0 Å². The quantitative estimate of drug-likeness (QED) is 0.597. The third kappa shape index (κ3) is 6.24. The number of aliphatic carboxylic acids is 1. The predicted octanol–water partition coefficient (Wildman–Crippen LogP) is -0.0770. The summed E-state index contributed by atoms with van der Waals surface area (Å²) >= 11 is 0. The number of carboxylic acids is 1. The Kier molecular flexibility index (Phi) is 4.36. The van der Waals surface area contributed by atoms with Crippen molar-refractivity contribution in [2.24, 2.45) is 5.73 Å². The minimum atomic E-state index is -1.17. The smallest absolute Gasteiger partial charge is 0.407 e. The molecule has 0 fully saturated rings. The number of nitrogens with two attached hydrogens (primary N) is 1. The van der Waals surface area contributed by atoms with Crippen LogP contribution in [0.5, 0.6) is 0 Å². The number of hydrogen-bond acceptors (Lipinski definition) is 4. The van der Waals surface area contributed by atoms with Crippen LogP contribution in [0.4, 0.5) is 4.79 Å². The van der Waals surface area contributed by atoms with Crippen LogP contribution in [-0.2, 0) is 9.53 Å². The molecule has 82 valence electrons. The molecule has 0 aromatic rings. The second-order valence-electron chi connectivity index (χ2n) is 3.83. The van der Waals surface area contributed by atoms with Crippen molar-refractivity contribution >= 4 is 12.1 Å². The van der Waals surface area contributed by atoms with Gasteiger partial charge in [0.05, 0.1) is 0 Å². The highest BCUT2D eigenvalue weighted by Crippen LogP contribution is 2.06. The van der Waals surface area contributed by atoms with Gasteiger partial charge in [-0.1, -0.05) is 0 Å². The molecular weight excluding hydrogens is 188 g/mol. The molecule has 6 heteroatoms. The van der Waals surface area contributed by atoms with Crippen LogP contribution in [0.3, 0.4) is 0 Å². The van der Waals surface area contributed by atoms with Crippen molar-refractivity contribution in [3.63, 3.8) is 0 Å². The molecule has 0 heterocycles. The highest BCUT2D eigenvalue weighted by Gasteiger charge is 2.18. The Morgan fingerprint density at radius 3 is 2.36 bits per heavy atom. The summed E-state index contributed by atoms with van der Waals surface area (Å²) in [7, 11) is 0. The fourth-order valence-electron chi connectivity index (χ4n) is 0.595. The molecule has 0 rings (SSSR count). The molecule has 0 aliphatic carbocycles. The van der Waals surface area contributed by atoms with Crippen molar-refractivity contribution in [1.29, 1.82) is 0 Å². The number of carboxylic acid groups (broad SMARTS) is 1. The molecule has 1 atom stereocenters. The number of alkyl carbamates (subject to hydrolysis) is 1. The molecule has 0 aliphatic heterocycles. The van der Waals surface area contributed by atoms with E-state index in [9.17, 15) is 9.59 Å². The molecule has 0 saturated carbocycles. The van der Waals surface area contributed by atoms with Crippen molar-refractivity contribution in [3.8, 4) is 0 Å². The van der Waals surface area contributed by atoms with E-state index in [2.05, 4.69) is 5.32 Å². The minimum absolute atomic E-state index is 0.149. The van der Waals surface area contributed by atoms with Crippen LogP contribution in [0.25, 0.3) is 0 Å². The molecule has 0 radical (unpaired) electrons. The maximum Gasteiger partial charge on any atom is 0.407 e.